The minimum Gasteiger partial charge on any atom is -0.493 e. The molecule has 164 valence electrons. The van der Waals surface area contributed by atoms with Crippen molar-refractivity contribution in [2.45, 2.75) is 105 Å². The second-order valence-corrected chi connectivity index (χ2v) is 9.91. The number of benzene rings is 1. The quantitative estimate of drug-likeness (QED) is 0.324. The summed E-state index contributed by atoms with van der Waals surface area (Å²) in [5, 5.41) is 9.50. The molecule has 3 atom stereocenters. The summed E-state index contributed by atoms with van der Waals surface area (Å²) in [5.74, 6) is 2.44. The predicted octanol–water partition coefficient (Wildman–Crippen LogP) is 7.90. The van der Waals surface area contributed by atoms with Gasteiger partial charge in [-0.15, -0.1) is 0 Å². The van der Waals surface area contributed by atoms with Crippen molar-refractivity contribution in [3.05, 3.63) is 40.0 Å². The van der Waals surface area contributed by atoms with Crippen LogP contribution in [0.4, 0.5) is 0 Å². The van der Waals surface area contributed by atoms with Crippen LogP contribution in [0, 0.1) is 22.7 Å². The molecule has 2 heteroatoms. The fourth-order valence-electron chi connectivity index (χ4n) is 5.83. The fraction of sp³-hybridized carbons (Fsp3) is 0.679. The van der Waals surface area contributed by atoms with Gasteiger partial charge in [0.25, 0.3) is 0 Å². The molecular formula is C28H41NO. The molecule has 3 rings (SSSR count). The van der Waals surface area contributed by atoms with Crippen molar-refractivity contribution in [3.8, 4) is 11.8 Å². The number of unbranched alkanes of at least 4 members (excludes halogenated alkanes) is 1. The molecule has 1 aromatic rings. The summed E-state index contributed by atoms with van der Waals surface area (Å²) in [5.41, 5.74) is 7.06. The summed E-state index contributed by atoms with van der Waals surface area (Å²) in [7, 11) is 0. The van der Waals surface area contributed by atoms with Gasteiger partial charge >= 0.3 is 0 Å². The summed E-state index contributed by atoms with van der Waals surface area (Å²) >= 11 is 0. The SMILES string of the molecule is CCCCOc1cc2c(cc1CC)C(CC[C@]1(C)/C(=C(\C)C#N)CCC1C)CCC2. The molecule has 0 heterocycles. The number of ether oxygens (including phenoxy) is 1. The van der Waals surface area contributed by atoms with Crippen molar-refractivity contribution in [3.63, 3.8) is 0 Å². The van der Waals surface area contributed by atoms with Crippen LogP contribution in [0.25, 0.3) is 0 Å². The lowest BCUT2D eigenvalue weighted by molar-refractivity contribution is 0.255. The van der Waals surface area contributed by atoms with Gasteiger partial charge in [0.2, 0.25) is 0 Å². The van der Waals surface area contributed by atoms with Crippen LogP contribution < -0.4 is 4.74 Å². The van der Waals surface area contributed by atoms with Gasteiger partial charge in [0.15, 0.2) is 0 Å². The van der Waals surface area contributed by atoms with Crippen molar-refractivity contribution in [2.75, 3.05) is 6.61 Å². The Labute approximate surface area is 184 Å². The molecule has 0 aromatic heterocycles. The number of nitriles is 1. The predicted molar refractivity (Wildman–Crippen MR) is 126 cm³/mol. The molecule has 1 fully saturated rings. The van der Waals surface area contributed by atoms with Crippen molar-refractivity contribution < 1.29 is 4.74 Å². The molecule has 0 N–H and O–H groups in total. The molecule has 2 aliphatic rings. The van der Waals surface area contributed by atoms with Crippen LogP contribution in [0.5, 0.6) is 5.75 Å². The molecule has 0 radical (unpaired) electrons. The first-order chi connectivity index (χ1) is 14.4. The van der Waals surface area contributed by atoms with Gasteiger partial charge in [-0.25, -0.2) is 0 Å². The van der Waals surface area contributed by atoms with Crippen LogP contribution in [0.2, 0.25) is 0 Å². The van der Waals surface area contributed by atoms with Crippen LogP contribution in [0.15, 0.2) is 23.3 Å². The van der Waals surface area contributed by atoms with Gasteiger partial charge in [-0.3, -0.25) is 0 Å². The highest BCUT2D eigenvalue weighted by Gasteiger charge is 2.41. The minimum atomic E-state index is 0.189. The normalized spacial score (nSPS) is 27.5. The number of hydrogen-bond donors (Lipinski definition) is 0. The van der Waals surface area contributed by atoms with E-state index in [1.165, 1.54) is 61.6 Å². The molecule has 0 spiro atoms. The van der Waals surface area contributed by atoms with Crippen molar-refractivity contribution >= 4 is 0 Å². The molecule has 0 amide bonds. The molecule has 30 heavy (non-hydrogen) atoms. The van der Waals surface area contributed by atoms with E-state index < -0.39 is 0 Å². The Morgan fingerprint density at radius 2 is 2.03 bits per heavy atom. The van der Waals surface area contributed by atoms with Gasteiger partial charge in [0.05, 0.1) is 12.7 Å². The van der Waals surface area contributed by atoms with E-state index in [1.807, 2.05) is 6.92 Å². The Morgan fingerprint density at radius 1 is 1.23 bits per heavy atom. The summed E-state index contributed by atoms with van der Waals surface area (Å²) in [6.45, 7) is 12.1. The third kappa shape index (κ3) is 4.61. The zero-order valence-electron chi connectivity index (χ0n) is 19.9. The maximum Gasteiger partial charge on any atom is 0.122 e. The van der Waals surface area contributed by atoms with Crippen LogP contribution in [-0.2, 0) is 12.8 Å². The molecular weight excluding hydrogens is 366 g/mol. The number of aryl methyl sites for hydroxylation is 2. The van der Waals surface area contributed by atoms with Gasteiger partial charge in [0, 0.05) is 5.57 Å². The van der Waals surface area contributed by atoms with Crippen LogP contribution in [0.3, 0.4) is 0 Å². The summed E-state index contributed by atoms with van der Waals surface area (Å²) in [4.78, 5) is 0. The van der Waals surface area contributed by atoms with E-state index in [9.17, 15) is 5.26 Å². The van der Waals surface area contributed by atoms with E-state index in [2.05, 4.69) is 45.9 Å². The van der Waals surface area contributed by atoms with Crippen molar-refractivity contribution in [2.24, 2.45) is 11.3 Å². The third-order valence-corrected chi connectivity index (χ3v) is 8.13. The third-order valence-electron chi connectivity index (χ3n) is 8.13. The molecule has 1 saturated carbocycles. The zero-order chi connectivity index (χ0) is 21.7. The summed E-state index contributed by atoms with van der Waals surface area (Å²) < 4.78 is 6.16. The first-order valence-electron chi connectivity index (χ1n) is 12.3. The number of allylic oxidation sites excluding steroid dienone is 2. The summed E-state index contributed by atoms with van der Waals surface area (Å²) in [6, 6.07) is 7.28. The van der Waals surface area contributed by atoms with E-state index in [1.54, 1.807) is 5.56 Å². The fourth-order valence-corrected chi connectivity index (χ4v) is 5.83. The van der Waals surface area contributed by atoms with Crippen molar-refractivity contribution in [1.82, 2.24) is 0 Å². The van der Waals surface area contributed by atoms with Crippen molar-refractivity contribution in [1.29, 1.82) is 5.26 Å². The smallest absolute Gasteiger partial charge is 0.122 e. The average molecular weight is 408 g/mol. The van der Waals surface area contributed by atoms with Crippen LogP contribution in [-0.4, -0.2) is 6.61 Å². The van der Waals surface area contributed by atoms with Gasteiger partial charge < -0.3 is 4.74 Å². The Kier molecular flexibility index (Phi) is 7.67. The maximum absolute atomic E-state index is 9.50. The monoisotopic (exact) mass is 407 g/mol. The Morgan fingerprint density at radius 3 is 2.73 bits per heavy atom. The molecule has 0 aliphatic heterocycles. The molecule has 1 aromatic carbocycles. The number of nitrogens with zero attached hydrogens (tertiary/aromatic N) is 1. The van der Waals surface area contributed by atoms with E-state index in [4.69, 9.17) is 4.74 Å². The molecule has 2 unspecified atom stereocenters. The second-order valence-electron chi connectivity index (χ2n) is 9.91. The summed E-state index contributed by atoms with van der Waals surface area (Å²) in [6.07, 6.45) is 11.9. The lowest BCUT2D eigenvalue weighted by atomic mass is 9.69. The second kappa shape index (κ2) is 10.0. The zero-order valence-corrected chi connectivity index (χ0v) is 19.9. The molecule has 2 nitrogen and oxygen atoms in total. The van der Waals surface area contributed by atoms with Crippen LogP contribution >= 0.6 is 0 Å². The van der Waals surface area contributed by atoms with E-state index in [-0.39, 0.29) is 5.41 Å². The number of fused-ring (bicyclic) bond motifs is 1. The Bertz CT molecular complexity index is 815. The highest BCUT2D eigenvalue weighted by atomic mass is 16.5. The van der Waals surface area contributed by atoms with Crippen LogP contribution in [0.1, 0.15) is 109 Å². The number of rotatable bonds is 8. The molecule has 0 saturated heterocycles. The number of hydrogen-bond acceptors (Lipinski definition) is 2. The highest BCUT2D eigenvalue weighted by molar-refractivity contribution is 5.45. The van der Waals surface area contributed by atoms with E-state index >= 15 is 0 Å². The van der Waals surface area contributed by atoms with E-state index in [0.717, 1.165) is 37.2 Å². The first kappa shape index (κ1) is 22.9. The lowest BCUT2D eigenvalue weighted by Gasteiger charge is -2.35. The van der Waals surface area contributed by atoms with Gasteiger partial charge in [0.1, 0.15) is 5.75 Å². The largest absolute Gasteiger partial charge is 0.493 e. The Hall–Kier alpha value is -1.75. The molecule has 0 bridgehead atoms. The topological polar surface area (TPSA) is 33.0 Å². The minimum absolute atomic E-state index is 0.189. The van der Waals surface area contributed by atoms with E-state index in [0.29, 0.717) is 11.8 Å². The lowest BCUT2D eigenvalue weighted by Crippen LogP contribution is -2.24. The van der Waals surface area contributed by atoms with Gasteiger partial charge in [-0.05, 0) is 105 Å². The van der Waals surface area contributed by atoms with Gasteiger partial charge in [-0.1, -0.05) is 45.8 Å². The first-order valence-corrected chi connectivity index (χ1v) is 12.3. The standard InChI is InChI=1S/C28H41NO/c1-6-8-16-30-27-18-24-11-9-10-23(25(24)17-22(27)7-2)14-15-28(5)21(4)12-13-26(28)20(3)19-29/h17-18,21,23H,6-16H2,1-5H3/b26-20+/t21?,23?,28-/m0/s1. The van der Waals surface area contributed by atoms with Gasteiger partial charge in [-0.2, -0.15) is 5.26 Å². The highest BCUT2D eigenvalue weighted by Crippen LogP contribution is 2.53. The Balaban J connectivity index is 1.80. The average Bonchev–Trinajstić information content (AvgIpc) is 3.05. The maximum atomic E-state index is 9.50. The molecule has 2 aliphatic carbocycles.